The Kier molecular flexibility index (Phi) is 3.72. The third-order valence-electron chi connectivity index (χ3n) is 2.33. The summed E-state index contributed by atoms with van der Waals surface area (Å²) in [6, 6.07) is 9.28. The fourth-order valence-corrected chi connectivity index (χ4v) is 1.85. The molecule has 0 aromatic heterocycles. The first-order valence-corrected chi connectivity index (χ1v) is 5.96. The molecular weight excluding hydrogens is 301 g/mol. The molecule has 0 bridgehead atoms. The first-order valence-electron chi connectivity index (χ1n) is 5.16. The smallest absolute Gasteiger partial charge is 0.150 e. The molecule has 0 spiro atoms. The van der Waals surface area contributed by atoms with Crippen molar-refractivity contribution in [2.75, 3.05) is 12.8 Å². The first kappa shape index (κ1) is 12.7. The van der Waals surface area contributed by atoms with Crippen LogP contribution in [0.5, 0.6) is 17.2 Å². The Morgan fingerprint density at radius 1 is 1.11 bits per heavy atom. The average molecular weight is 312 g/mol. The van der Waals surface area contributed by atoms with Crippen LogP contribution in [0.2, 0.25) is 0 Å². The molecule has 94 valence electrons. The van der Waals surface area contributed by atoms with Crippen LogP contribution >= 0.6 is 15.9 Å². The minimum atomic E-state index is -0.336. The Labute approximate surface area is 112 Å². The first-order chi connectivity index (χ1) is 8.60. The molecule has 0 aliphatic heterocycles. The highest BCUT2D eigenvalue weighted by atomic mass is 79.9. The van der Waals surface area contributed by atoms with Gasteiger partial charge in [0, 0.05) is 6.07 Å². The molecule has 0 heterocycles. The van der Waals surface area contributed by atoms with E-state index in [1.54, 1.807) is 25.3 Å². The van der Waals surface area contributed by atoms with Gasteiger partial charge >= 0.3 is 0 Å². The van der Waals surface area contributed by atoms with Crippen LogP contribution in [-0.2, 0) is 0 Å². The second kappa shape index (κ2) is 5.27. The molecule has 0 fully saturated rings. The number of nitrogen functional groups attached to an aromatic ring is 1. The summed E-state index contributed by atoms with van der Waals surface area (Å²) in [6.45, 7) is 0. The van der Waals surface area contributed by atoms with Crippen LogP contribution in [-0.4, -0.2) is 7.11 Å². The summed E-state index contributed by atoms with van der Waals surface area (Å²) in [5.41, 5.74) is 6.28. The standard InChI is InChI=1S/C13H11BrFNO2/c1-17-9-3-5-13(11(16)7-9)18-12-4-2-8(15)6-10(12)14/h2-7H,16H2,1H3. The lowest BCUT2D eigenvalue weighted by Gasteiger charge is -2.11. The second-order valence-corrected chi connectivity index (χ2v) is 4.43. The molecule has 0 radical (unpaired) electrons. The number of methoxy groups -OCH3 is 1. The van der Waals surface area contributed by atoms with E-state index in [2.05, 4.69) is 15.9 Å². The molecule has 18 heavy (non-hydrogen) atoms. The zero-order chi connectivity index (χ0) is 13.1. The summed E-state index contributed by atoms with van der Waals surface area (Å²) in [5.74, 6) is 1.30. The Morgan fingerprint density at radius 3 is 2.44 bits per heavy atom. The summed E-state index contributed by atoms with van der Waals surface area (Å²) >= 11 is 3.23. The molecule has 2 aromatic carbocycles. The number of hydrogen-bond donors (Lipinski definition) is 1. The molecule has 0 amide bonds. The Bertz CT molecular complexity index is 575. The van der Waals surface area contributed by atoms with Gasteiger partial charge < -0.3 is 15.2 Å². The van der Waals surface area contributed by atoms with Gasteiger partial charge in [-0.2, -0.15) is 0 Å². The van der Waals surface area contributed by atoms with E-state index in [0.717, 1.165) is 0 Å². The number of halogens is 2. The average Bonchev–Trinajstić information content (AvgIpc) is 2.34. The van der Waals surface area contributed by atoms with E-state index in [1.165, 1.54) is 18.2 Å². The normalized spacial score (nSPS) is 10.2. The highest BCUT2D eigenvalue weighted by molar-refractivity contribution is 9.10. The van der Waals surface area contributed by atoms with Gasteiger partial charge in [-0.3, -0.25) is 0 Å². The largest absolute Gasteiger partial charge is 0.497 e. The van der Waals surface area contributed by atoms with Crippen molar-refractivity contribution in [2.45, 2.75) is 0 Å². The van der Waals surface area contributed by atoms with Gasteiger partial charge in [-0.25, -0.2) is 4.39 Å². The molecule has 0 aliphatic rings. The summed E-state index contributed by atoms with van der Waals surface area (Å²) in [6.07, 6.45) is 0. The van der Waals surface area contributed by atoms with Crippen molar-refractivity contribution in [3.05, 3.63) is 46.7 Å². The van der Waals surface area contributed by atoms with Gasteiger partial charge in [0.2, 0.25) is 0 Å². The molecule has 0 saturated carbocycles. The van der Waals surface area contributed by atoms with Crippen molar-refractivity contribution < 1.29 is 13.9 Å². The quantitative estimate of drug-likeness (QED) is 0.872. The van der Waals surface area contributed by atoms with E-state index in [0.29, 0.717) is 27.4 Å². The minimum Gasteiger partial charge on any atom is -0.497 e. The second-order valence-electron chi connectivity index (χ2n) is 3.58. The summed E-state index contributed by atoms with van der Waals surface area (Å²) < 4.78 is 24.1. The van der Waals surface area contributed by atoms with Crippen molar-refractivity contribution in [3.63, 3.8) is 0 Å². The van der Waals surface area contributed by atoms with Crippen molar-refractivity contribution in [3.8, 4) is 17.2 Å². The fourth-order valence-electron chi connectivity index (χ4n) is 1.42. The van der Waals surface area contributed by atoms with E-state index in [1.807, 2.05) is 0 Å². The maximum absolute atomic E-state index is 12.9. The van der Waals surface area contributed by atoms with Gasteiger partial charge in [0.25, 0.3) is 0 Å². The number of rotatable bonds is 3. The molecule has 0 atom stereocenters. The van der Waals surface area contributed by atoms with Crippen molar-refractivity contribution in [1.82, 2.24) is 0 Å². The molecule has 2 aromatic rings. The van der Waals surface area contributed by atoms with Crippen LogP contribution in [0.4, 0.5) is 10.1 Å². The van der Waals surface area contributed by atoms with Gasteiger partial charge in [0.15, 0.2) is 5.75 Å². The number of ether oxygens (including phenoxy) is 2. The predicted molar refractivity (Wildman–Crippen MR) is 71.6 cm³/mol. The van der Waals surface area contributed by atoms with E-state index in [4.69, 9.17) is 15.2 Å². The topological polar surface area (TPSA) is 44.5 Å². The molecule has 2 rings (SSSR count). The van der Waals surface area contributed by atoms with Gasteiger partial charge in [-0.1, -0.05) is 0 Å². The van der Waals surface area contributed by atoms with Gasteiger partial charge in [0.05, 0.1) is 17.3 Å². The molecule has 3 nitrogen and oxygen atoms in total. The lowest BCUT2D eigenvalue weighted by molar-refractivity contribution is 0.413. The fraction of sp³-hybridized carbons (Fsp3) is 0.0769. The van der Waals surface area contributed by atoms with E-state index in [-0.39, 0.29) is 5.82 Å². The Balaban J connectivity index is 2.28. The van der Waals surface area contributed by atoms with Crippen molar-refractivity contribution in [2.24, 2.45) is 0 Å². The minimum absolute atomic E-state index is 0.336. The number of anilines is 1. The lowest BCUT2D eigenvalue weighted by atomic mass is 10.2. The Morgan fingerprint density at radius 2 is 1.83 bits per heavy atom. The van der Waals surface area contributed by atoms with Crippen LogP contribution in [0.15, 0.2) is 40.9 Å². The molecule has 2 N–H and O–H groups in total. The third kappa shape index (κ3) is 2.73. The molecular formula is C13H11BrFNO2. The van der Waals surface area contributed by atoms with E-state index >= 15 is 0 Å². The maximum atomic E-state index is 12.9. The zero-order valence-corrected chi connectivity index (χ0v) is 11.2. The molecule has 0 aliphatic carbocycles. The van der Waals surface area contributed by atoms with Crippen LogP contribution in [0.1, 0.15) is 0 Å². The summed E-state index contributed by atoms with van der Waals surface area (Å²) in [7, 11) is 1.56. The SMILES string of the molecule is COc1ccc(Oc2ccc(F)cc2Br)c(N)c1. The van der Waals surface area contributed by atoms with Crippen molar-refractivity contribution >= 4 is 21.6 Å². The molecule has 0 saturated heterocycles. The molecule has 5 heteroatoms. The van der Waals surface area contributed by atoms with E-state index < -0.39 is 0 Å². The zero-order valence-electron chi connectivity index (χ0n) is 9.61. The summed E-state index contributed by atoms with van der Waals surface area (Å²) in [4.78, 5) is 0. The van der Waals surface area contributed by atoms with Gasteiger partial charge in [0.1, 0.15) is 17.3 Å². The monoisotopic (exact) mass is 311 g/mol. The van der Waals surface area contributed by atoms with Crippen LogP contribution in [0.3, 0.4) is 0 Å². The number of benzene rings is 2. The highest BCUT2D eigenvalue weighted by Crippen LogP contribution is 2.34. The third-order valence-corrected chi connectivity index (χ3v) is 2.95. The Hall–Kier alpha value is -1.75. The van der Waals surface area contributed by atoms with Crippen LogP contribution in [0, 0.1) is 5.82 Å². The van der Waals surface area contributed by atoms with E-state index in [9.17, 15) is 4.39 Å². The summed E-state index contributed by atoms with van der Waals surface area (Å²) in [5, 5.41) is 0. The number of hydrogen-bond acceptors (Lipinski definition) is 3. The molecule has 0 unspecified atom stereocenters. The maximum Gasteiger partial charge on any atom is 0.150 e. The van der Waals surface area contributed by atoms with Gasteiger partial charge in [-0.15, -0.1) is 0 Å². The lowest BCUT2D eigenvalue weighted by Crippen LogP contribution is -1.94. The highest BCUT2D eigenvalue weighted by Gasteiger charge is 2.07. The van der Waals surface area contributed by atoms with Gasteiger partial charge in [-0.05, 0) is 46.3 Å². The van der Waals surface area contributed by atoms with Crippen LogP contribution in [0.25, 0.3) is 0 Å². The van der Waals surface area contributed by atoms with Crippen molar-refractivity contribution in [1.29, 1.82) is 0 Å². The predicted octanol–water partition coefficient (Wildman–Crippen LogP) is 3.97. The number of nitrogens with two attached hydrogens (primary N) is 1. The van der Waals surface area contributed by atoms with Crippen LogP contribution < -0.4 is 15.2 Å².